The second kappa shape index (κ2) is 7.67. The van der Waals surface area contributed by atoms with Gasteiger partial charge in [-0.05, 0) is 12.8 Å². The third-order valence-electron chi connectivity index (χ3n) is 2.51. The molecule has 1 aromatic carbocycles. The van der Waals surface area contributed by atoms with Gasteiger partial charge in [0.1, 0.15) is 0 Å². The first-order chi connectivity index (χ1) is 9.43. The third kappa shape index (κ3) is 3.75. The highest BCUT2D eigenvalue weighted by molar-refractivity contribution is 6.36. The molecule has 0 saturated carbocycles. The number of halogens is 5. The quantitative estimate of drug-likeness (QED) is 0.254. The zero-order valence-corrected chi connectivity index (χ0v) is 12.0. The van der Waals surface area contributed by atoms with Crippen molar-refractivity contribution in [1.29, 1.82) is 0 Å². The topological polar surface area (TPSA) is 27.7 Å². The van der Waals surface area contributed by atoms with E-state index in [2.05, 4.69) is 0 Å². The molecule has 0 radical (unpaired) electrons. The maximum atomic E-state index is 13.3. The molecule has 20 heavy (non-hydrogen) atoms. The minimum Gasteiger partial charge on any atom is -0.379 e. The average Bonchev–Trinajstić information content (AvgIpc) is 2.46. The van der Waals surface area contributed by atoms with Crippen LogP contribution in [0.2, 0.25) is 0 Å². The summed E-state index contributed by atoms with van der Waals surface area (Å²) in [7, 11) is 0.493. The molecule has 0 aliphatic carbocycles. The molecule has 0 heterocycles. The molecular formula is C11H13F5O3Si. The molecule has 114 valence electrons. The van der Waals surface area contributed by atoms with Crippen molar-refractivity contribution in [1.82, 2.24) is 0 Å². The highest BCUT2D eigenvalue weighted by atomic mass is 28.3. The molecule has 1 aromatic rings. The monoisotopic (exact) mass is 316 g/mol. The van der Waals surface area contributed by atoms with Crippen molar-refractivity contribution < 1.29 is 35.2 Å². The average molecular weight is 316 g/mol. The zero-order valence-electron chi connectivity index (χ0n) is 10.8. The van der Waals surface area contributed by atoms with Crippen LogP contribution in [-0.4, -0.2) is 30.4 Å². The fraction of sp³-hybridized carbons (Fsp3) is 0.455. The van der Waals surface area contributed by atoms with Crippen LogP contribution in [0.1, 0.15) is 12.0 Å². The van der Waals surface area contributed by atoms with Crippen molar-refractivity contribution in [2.24, 2.45) is 0 Å². The minimum absolute atomic E-state index is 0.0259. The molecule has 0 N–H and O–H groups in total. The first kappa shape index (κ1) is 17.0. The van der Waals surface area contributed by atoms with Crippen molar-refractivity contribution in [2.45, 2.75) is 12.8 Å². The first-order valence-electron chi connectivity index (χ1n) is 5.61. The molecule has 0 aliphatic heterocycles. The van der Waals surface area contributed by atoms with E-state index in [-0.39, 0.29) is 19.4 Å². The van der Waals surface area contributed by atoms with Gasteiger partial charge in [-0.15, -0.1) is 0 Å². The number of benzene rings is 1. The summed E-state index contributed by atoms with van der Waals surface area (Å²) in [6.07, 6.45) is -0.283. The van der Waals surface area contributed by atoms with Crippen LogP contribution in [0.15, 0.2) is 0 Å². The molecule has 0 saturated heterocycles. The molecule has 0 bridgehead atoms. The van der Waals surface area contributed by atoms with E-state index >= 15 is 0 Å². The SMILES string of the molecule is CO[SiH](OC)OCCCc1c(F)c(F)c(F)c(F)c1F. The molecule has 0 aliphatic rings. The van der Waals surface area contributed by atoms with E-state index in [0.717, 1.165) is 0 Å². The van der Waals surface area contributed by atoms with Crippen LogP contribution in [0.4, 0.5) is 22.0 Å². The Kier molecular flexibility index (Phi) is 6.53. The second-order valence-electron chi connectivity index (χ2n) is 3.78. The Balaban J connectivity index is 2.70. The summed E-state index contributed by atoms with van der Waals surface area (Å²) in [5.74, 6) is -9.67. The Bertz CT molecular complexity index is 439. The Morgan fingerprint density at radius 1 is 0.800 bits per heavy atom. The number of hydrogen-bond donors (Lipinski definition) is 0. The number of rotatable bonds is 7. The van der Waals surface area contributed by atoms with Crippen molar-refractivity contribution >= 4 is 9.53 Å². The normalized spacial score (nSPS) is 11.4. The van der Waals surface area contributed by atoms with E-state index in [1.54, 1.807) is 0 Å². The first-order valence-corrected chi connectivity index (χ1v) is 7.02. The molecule has 0 spiro atoms. The van der Waals surface area contributed by atoms with E-state index in [4.69, 9.17) is 13.3 Å². The van der Waals surface area contributed by atoms with Crippen LogP contribution in [0.5, 0.6) is 0 Å². The van der Waals surface area contributed by atoms with Gasteiger partial charge in [-0.2, -0.15) is 0 Å². The summed E-state index contributed by atoms with van der Waals surface area (Å²) < 4.78 is 80.1. The largest absolute Gasteiger partial charge is 0.483 e. The van der Waals surface area contributed by atoms with E-state index in [1.807, 2.05) is 0 Å². The molecular weight excluding hydrogens is 303 g/mol. The van der Waals surface area contributed by atoms with Gasteiger partial charge in [0.25, 0.3) is 0 Å². The van der Waals surface area contributed by atoms with E-state index in [0.29, 0.717) is 0 Å². The van der Waals surface area contributed by atoms with E-state index in [1.165, 1.54) is 14.2 Å². The molecule has 0 amide bonds. The summed E-state index contributed by atoms with van der Waals surface area (Å²) in [5, 5.41) is 0. The van der Waals surface area contributed by atoms with E-state index in [9.17, 15) is 22.0 Å². The Hall–Kier alpha value is -1.03. The standard InChI is InChI=1S/C11H13F5O3Si/c1-17-20(18-2)19-5-3-4-6-7(12)9(14)11(16)10(15)8(6)13/h20H,3-5H2,1-2H3. The Labute approximate surface area is 114 Å². The lowest BCUT2D eigenvalue weighted by atomic mass is 10.1. The lowest BCUT2D eigenvalue weighted by Crippen LogP contribution is -2.24. The second-order valence-corrected chi connectivity index (χ2v) is 5.64. The highest BCUT2D eigenvalue weighted by Gasteiger charge is 2.25. The minimum atomic E-state index is -2.27. The van der Waals surface area contributed by atoms with Gasteiger partial charge in [0.2, 0.25) is 5.82 Å². The Morgan fingerprint density at radius 3 is 1.70 bits per heavy atom. The van der Waals surface area contributed by atoms with Crippen LogP contribution in [-0.2, 0) is 19.7 Å². The van der Waals surface area contributed by atoms with E-state index < -0.39 is 44.2 Å². The lowest BCUT2D eigenvalue weighted by molar-refractivity contribution is 0.134. The maximum Gasteiger partial charge on any atom is 0.483 e. The summed E-state index contributed by atoms with van der Waals surface area (Å²) in [5.41, 5.74) is -0.849. The molecule has 0 fully saturated rings. The van der Waals surface area contributed by atoms with Gasteiger partial charge < -0.3 is 13.3 Å². The van der Waals surface area contributed by atoms with Crippen molar-refractivity contribution in [3.05, 3.63) is 34.6 Å². The zero-order chi connectivity index (χ0) is 15.3. The molecule has 0 atom stereocenters. The van der Waals surface area contributed by atoms with Crippen LogP contribution in [0.3, 0.4) is 0 Å². The summed E-state index contributed by atoms with van der Waals surface area (Å²) in [4.78, 5) is 0. The fourth-order valence-electron chi connectivity index (χ4n) is 1.53. The molecule has 0 unspecified atom stereocenters. The number of hydrogen-bond acceptors (Lipinski definition) is 3. The van der Waals surface area contributed by atoms with Gasteiger partial charge in [-0.3, -0.25) is 0 Å². The van der Waals surface area contributed by atoms with Gasteiger partial charge >= 0.3 is 9.53 Å². The Morgan fingerprint density at radius 2 is 1.25 bits per heavy atom. The van der Waals surface area contributed by atoms with Gasteiger partial charge in [-0.25, -0.2) is 22.0 Å². The van der Waals surface area contributed by atoms with Gasteiger partial charge in [0, 0.05) is 26.4 Å². The summed E-state index contributed by atoms with van der Waals surface area (Å²) >= 11 is 0. The van der Waals surface area contributed by atoms with Crippen LogP contribution in [0, 0.1) is 29.1 Å². The third-order valence-corrected chi connectivity index (χ3v) is 3.79. The van der Waals surface area contributed by atoms with Gasteiger partial charge in [0.05, 0.1) is 0 Å². The van der Waals surface area contributed by atoms with Crippen LogP contribution in [0.25, 0.3) is 0 Å². The van der Waals surface area contributed by atoms with Crippen LogP contribution >= 0.6 is 0 Å². The highest BCUT2D eigenvalue weighted by Crippen LogP contribution is 2.23. The summed E-state index contributed by atoms with van der Waals surface area (Å²) in [6.45, 7) is 0.0259. The van der Waals surface area contributed by atoms with Gasteiger partial charge in [-0.1, -0.05) is 0 Å². The summed E-state index contributed by atoms with van der Waals surface area (Å²) in [6, 6.07) is 0. The lowest BCUT2D eigenvalue weighted by Gasteiger charge is -2.12. The van der Waals surface area contributed by atoms with Crippen molar-refractivity contribution in [3.8, 4) is 0 Å². The molecule has 0 aromatic heterocycles. The maximum absolute atomic E-state index is 13.3. The smallest absolute Gasteiger partial charge is 0.379 e. The predicted molar refractivity (Wildman–Crippen MR) is 61.7 cm³/mol. The van der Waals surface area contributed by atoms with Crippen molar-refractivity contribution in [3.63, 3.8) is 0 Å². The predicted octanol–water partition coefficient (Wildman–Crippen LogP) is 2.34. The van der Waals surface area contributed by atoms with Crippen molar-refractivity contribution in [2.75, 3.05) is 20.8 Å². The fourth-order valence-corrected chi connectivity index (χ4v) is 2.35. The molecule has 3 nitrogen and oxygen atoms in total. The van der Waals surface area contributed by atoms with Gasteiger partial charge in [0.15, 0.2) is 23.3 Å². The molecule has 1 rings (SSSR count). The molecule has 9 heteroatoms. The van der Waals surface area contributed by atoms with Crippen LogP contribution < -0.4 is 0 Å².